The average Bonchev–Trinajstić information content (AvgIpc) is 2.72. The van der Waals surface area contributed by atoms with Gasteiger partial charge in [0.15, 0.2) is 0 Å². The number of anilines is 1. The second kappa shape index (κ2) is 8.61. The van der Waals surface area contributed by atoms with Crippen molar-refractivity contribution in [3.63, 3.8) is 0 Å². The molecule has 1 aliphatic rings. The molecule has 1 aromatic carbocycles. The van der Waals surface area contributed by atoms with Crippen LogP contribution in [0.2, 0.25) is 0 Å². The third-order valence-electron chi connectivity index (χ3n) is 4.48. The Hall–Kier alpha value is -2.97. The molecule has 9 heteroatoms. The molecule has 1 fully saturated rings. The molecular formula is C18H22FN5O3. The number of methoxy groups -OCH3 is 2. The molecule has 1 aromatic heterocycles. The molecule has 1 N–H and O–H groups in total. The molecule has 2 heterocycles. The van der Waals surface area contributed by atoms with Crippen LogP contribution in [0.3, 0.4) is 0 Å². The summed E-state index contributed by atoms with van der Waals surface area (Å²) in [5.74, 6) is 0.116. The van der Waals surface area contributed by atoms with Gasteiger partial charge in [-0.1, -0.05) is 12.1 Å². The highest BCUT2D eigenvalue weighted by atomic mass is 19.1. The van der Waals surface area contributed by atoms with Gasteiger partial charge < -0.3 is 19.7 Å². The fourth-order valence-electron chi connectivity index (χ4n) is 2.93. The summed E-state index contributed by atoms with van der Waals surface area (Å²) in [6.07, 6.45) is 1.37. The summed E-state index contributed by atoms with van der Waals surface area (Å²) in [6, 6.07) is 6.49. The summed E-state index contributed by atoms with van der Waals surface area (Å²) in [5.41, 5.74) is 0.867. The number of nitrogens with zero attached hydrogens (tertiary/aromatic N) is 4. The number of amides is 1. The van der Waals surface area contributed by atoms with E-state index in [9.17, 15) is 9.18 Å². The van der Waals surface area contributed by atoms with Crippen molar-refractivity contribution >= 4 is 11.9 Å². The van der Waals surface area contributed by atoms with Gasteiger partial charge in [-0.3, -0.25) is 4.79 Å². The Labute approximate surface area is 156 Å². The number of hydrogen-bond donors (Lipinski definition) is 1. The maximum absolute atomic E-state index is 12.9. The molecule has 0 saturated carbocycles. The normalized spacial score (nSPS) is 14.7. The number of hydrogen-bond acceptors (Lipinski definition) is 7. The van der Waals surface area contributed by atoms with E-state index in [2.05, 4.69) is 20.3 Å². The minimum Gasteiger partial charge on any atom is -0.467 e. The summed E-state index contributed by atoms with van der Waals surface area (Å²) < 4.78 is 23.1. The van der Waals surface area contributed by atoms with Crippen LogP contribution in [0, 0.1) is 11.7 Å². The van der Waals surface area contributed by atoms with E-state index in [1.807, 2.05) is 4.90 Å². The van der Waals surface area contributed by atoms with Crippen LogP contribution in [0.4, 0.5) is 10.3 Å². The third-order valence-corrected chi connectivity index (χ3v) is 4.48. The lowest BCUT2D eigenvalue weighted by molar-refractivity contribution is -0.125. The van der Waals surface area contributed by atoms with Crippen molar-refractivity contribution in [2.24, 2.45) is 5.92 Å². The van der Waals surface area contributed by atoms with Gasteiger partial charge in [-0.15, -0.1) is 4.98 Å². The van der Waals surface area contributed by atoms with Crippen LogP contribution in [0.5, 0.6) is 12.0 Å². The Morgan fingerprint density at radius 1 is 1.11 bits per heavy atom. The van der Waals surface area contributed by atoms with Crippen LogP contribution in [0.1, 0.15) is 18.4 Å². The summed E-state index contributed by atoms with van der Waals surface area (Å²) in [4.78, 5) is 26.9. The van der Waals surface area contributed by atoms with Crippen molar-refractivity contribution in [1.82, 2.24) is 20.3 Å². The smallest absolute Gasteiger partial charge is 0.324 e. The van der Waals surface area contributed by atoms with Crippen LogP contribution in [0.25, 0.3) is 0 Å². The molecule has 0 aliphatic carbocycles. The van der Waals surface area contributed by atoms with Crippen LogP contribution >= 0.6 is 0 Å². The zero-order valence-electron chi connectivity index (χ0n) is 15.3. The second-order valence-corrected chi connectivity index (χ2v) is 6.21. The van der Waals surface area contributed by atoms with Gasteiger partial charge in [0, 0.05) is 25.6 Å². The summed E-state index contributed by atoms with van der Waals surface area (Å²) in [7, 11) is 2.96. The number of carbonyl (C=O) groups excluding carboxylic acids is 1. The Morgan fingerprint density at radius 3 is 2.26 bits per heavy atom. The fourth-order valence-corrected chi connectivity index (χ4v) is 2.93. The van der Waals surface area contributed by atoms with Gasteiger partial charge >= 0.3 is 12.0 Å². The maximum atomic E-state index is 12.9. The first-order valence-electron chi connectivity index (χ1n) is 8.70. The van der Waals surface area contributed by atoms with Crippen LogP contribution in [0.15, 0.2) is 24.3 Å². The number of rotatable bonds is 6. The molecule has 0 unspecified atom stereocenters. The third kappa shape index (κ3) is 4.81. The average molecular weight is 375 g/mol. The lowest BCUT2D eigenvalue weighted by Crippen LogP contribution is -2.41. The predicted molar refractivity (Wildman–Crippen MR) is 96.1 cm³/mol. The molecule has 1 aliphatic heterocycles. The van der Waals surface area contributed by atoms with Crippen molar-refractivity contribution in [1.29, 1.82) is 0 Å². The monoisotopic (exact) mass is 375 g/mol. The standard InChI is InChI=1S/C18H22FN5O3/c1-26-17-21-16(22-18(23-17)27-2)24-9-7-13(8-10-24)15(25)20-11-12-3-5-14(19)6-4-12/h3-6,13H,7-11H2,1-2H3,(H,20,25). The molecule has 27 heavy (non-hydrogen) atoms. The van der Waals surface area contributed by atoms with Crippen molar-refractivity contribution in [3.05, 3.63) is 35.6 Å². The lowest BCUT2D eigenvalue weighted by atomic mass is 9.96. The van der Waals surface area contributed by atoms with E-state index in [4.69, 9.17) is 9.47 Å². The molecule has 0 radical (unpaired) electrons. The molecular weight excluding hydrogens is 353 g/mol. The van der Waals surface area contributed by atoms with Gasteiger partial charge in [-0.05, 0) is 30.5 Å². The van der Waals surface area contributed by atoms with Crippen LogP contribution in [-0.2, 0) is 11.3 Å². The zero-order valence-corrected chi connectivity index (χ0v) is 15.3. The number of nitrogens with one attached hydrogen (secondary N) is 1. The van der Waals surface area contributed by atoms with Gasteiger partial charge in [0.2, 0.25) is 11.9 Å². The van der Waals surface area contributed by atoms with E-state index in [0.717, 1.165) is 5.56 Å². The predicted octanol–water partition coefficient (Wildman–Crippen LogP) is 1.56. The minimum absolute atomic E-state index is 0.00443. The number of halogens is 1. The Bertz CT molecular complexity index is 757. The van der Waals surface area contributed by atoms with Crippen molar-refractivity contribution < 1.29 is 18.7 Å². The minimum atomic E-state index is -0.288. The molecule has 0 bridgehead atoms. The summed E-state index contributed by atoms with van der Waals surface area (Å²) >= 11 is 0. The van der Waals surface area contributed by atoms with Gasteiger partial charge in [-0.25, -0.2) is 4.39 Å². The lowest BCUT2D eigenvalue weighted by Gasteiger charge is -2.31. The number of aromatic nitrogens is 3. The van der Waals surface area contributed by atoms with E-state index in [1.54, 1.807) is 12.1 Å². The first kappa shape index (κ1) is 18.8. The van der Waals surface area contributed by atoms with E-state index in [-0.39, 0.29) is 29.7 Å². The highest BCUT2D eigenvalue weighted by molar-refractivity contribution is 5.78. The van der Waals surface area contributed by atoms with Crippen LogP contribution in [-0.4, -0.2) is 48.2 Å². The maximum Gasteiger partial charge on any atom is 0.324 e. The highest BCUT2D eigenvalue weighted by Crippen LogP contribution is 2.23. The van der Waals surface area contributed by atoms with Gasteiger partial charge in [0.25, 0.3) is 0 Å². The number of piperidine rings is 1. The molecule has 2 aromatic rings. The van der Waals surface area contributed by atoms with Gasteiger partial charge in [-0.2, -0.15) is 9.97 Å². The quantitative estimate of drug-likeness (QED) is 0.819. The first-order valence-corrected chi connectivity index (χ1v) is 8.70. The van der Waals surface area contributed by atoms with E-state index in [1.165, 1.54) is 26.4 Å². The molecule has 0 spiro atoms. The molecule has 0 atom stereocenters. The molecule has 144 valence electrons. The molecule has 8 nitrogen and oxygen atoms in total. The molecule has 1 amide bonds. The highest BCUT2D eigenvalue weighted by Gasteiger charge is 2.26. The largest absolute Gasteiger partial charge is 0.467 e. The van der Waals surface area contributed by atoms with E-state index >= 15 is 0 Å². The second-order valence-electron chi connectivity index (χ2n) is 6.21. The van der Waals surface area contributed by atoms with Crippen molar-refractivity contribution in [3.8, 4) is 12.0 Å². The van der Waals surface area contributed by atoms with E-state index in [0.29, 0.717) is 38.4 Å². The SMILES string of the molecule is COc1nc(OC)nc(N2CCC(C(=O)NCc3ccc(F)cc3)CC2)n1. The number of ether oxygens (including phenoxy) is 2. The summed E-state index contributed by atoms with van der Waals surface area (Å²) in [6.45, 7) is 1.68. The molecule has 3 rings (SSSR count). The summed E-state index contributed by atoms with van der Waals surface area (Å²) in [5, 5.41) is 2.92. The van der Waals surface area contributed by atoms with Crippen LogP contribution < -0.4 is 19.7 Å². The topological polar surface area (TPSA) is 89.5 Å². The Morgan fingerprint density at radius 2 is 1.70 bits per heavy atom. The zero-order chi connectivity index (χ0) is 19.2. The van der Waals surface area contributed by atoms with E-state index < -0.39 is 0 Å². The number of benzene rings is 1. The van der Waals surface area contributed by atoms with Crippen molar-refractivity contribution in [2.75, 3.05) is 32.2 Å². The fraction of sp³-hybridized carbons (Fsp3) is 0.444. The molecule has 1 saturated heterocycles. The number of carbonyl (C=O) groups is 1. The van der Waals surface area contributed by atoms with Crippen molar-refractivity contribution in [2.45, 2.75) is 19.4 Å². The van der Waals surface area contributed by atoms with Gasteiger partial charge in [0.1, 0.15) is 5.82 Å². The Balaban J connectivity index is 1.53. The van der Waals surface area contributed by atoms with Gasteiger partial charge in [0.05, 0.1) is 14.2 Å². The Kier molecular flexibility index (Phi) is 6.00. The first-order chi connectivity index (χ1) is 13.1.